The molecule has 43 valence electrons. The van der Waals surface area contributed by atoms with Crippen LogP contribution < -0.4 is 0 Å². The van der Waals surface area contributed by atoms with Crippen LogP contribution >= 0.6 is 24.4 Å². The third kappa shape index (κ3) is 6.66. The average molecular weight is 137 g/mol. The van der Waals surface area contributed by atoms with Crippen molar-refractivity contribution in [1.29, 1.82) is 0 Å². The van der Waals surface area contributed by atoms with Crippen LogP contribution in [0, 0.1) is 0 Å². The molecule has 0 aromatic heterocycles. The van der Waals surface area contributed by atoms with E-state index in [1.54, 1.807) is 11.8 Å². The largest absolute Gasteiger partial charge is 0.396 e. The summed E-state index contributed by atoms with van der Waals surface area (Å²) in [5.41, 5.74) is 0. The summed E-state index contributed by atoms with van der Waals surface area (Å²) in [5.74, 6) is 2.62. The second-order valence-corrected chi connectivity index (χ2v) is 2.67. The molecule has 0 heterocycles. The zero-order valence-corrected chi connectivity index (χ0v) is 5.73. The van der Waals surface area contributed by atoms with Gasteiger partial charge in [-0.1, -0.05) is 12.6 Å². The van der Waals surface area contributed by atoms with Crippen molar-refractivity contribution in [3.63, 3.8) is 0 Å². The van der Waals surface area contributed by atoms with E-state index in [0.717, 1.165) is 17.3 Å². The molecule has 0 saturated carbocycles. The number of aliphatic hydroxyl groups is 1. The maximum Gasteiger partial charge on any atom is 0.0521 e. The molecule has 0 atom stereocenters. The summed E-state index contributed by atoms with van der Waals surface area (Å²) in [7, 11) is 0. The van der Waals surface area contributed by atoms with Gasteiger partial charge in [0.25, 0.3) is 0 Å². The molecule has 1 radical (unpaired) electrons. The number of hydrogen-bond acceptors (Lipinski definition) is 2. The smallest absolute Gasteiger partial charge is 0.0521 e. The maximum atomic E-state index is 8.24. The highest BCUT2D eigenvalue weighted by Gasteiger charge is 1.81. The predicted octanol–water partition coefficient (Wildman–Crippen LogP) is 0.909. The van der Waals surface area contributed by atoms with Gasteiger partial charge in [-0.2, -0.15) is 11.8 Å². The molecule has 0 fully saturated rings. The first-order chi connectivity index (χ1) is 3.41. The average Bonchev–Trinajstić information content (AvgIpc) is 1.69. The Morgan fingerprint density at radius 3 is 2.57 bits per heavy atom. The Bertz CT molecular complexity index is 28.9. The molecule has 0 aromatic rings. The van der Waals surface area contributed by atoms with Gasteiger partial charge in [-0.15, -0.1) is 0 Å². The first-order valence-electron chi connectivity index (χ1n) is 2.18. The van der Waals surface area contributed by atoms with E-state index in [9.17, 15) is 0 Å². The summed E-state index contributed by atoms with van der Waals surface area (Å²) >= 11 is 6.36. The summed E-state index contributed by atoms with van der Waals surface area (Å²) in [6.45, 7) is 0.278. The van der Waals surface area contributed by atoms with Crippen molar-refractivity contribution in [2.24, 2.45) is 0 Å². The zero-order valence-electron chi connectivity index (χ0n) is 4.09. The molecule has 1 N–H and O–H groups in total. The highest BCUT2D eigenvalue weighted by molar-refractivity contribution is 7.99. The topological polar surface area (TPSA) is 20.2 Å². The second-order valence-electron chi connectivity index (χ2n) is 1.04. The third-order valence-electron chi connectivity index (χ3n) is 0.463. The molecular weight excluding hydrogens is 128 g/mol. The molecule has 0 spiro atoms. The zero-order chi connectivity index (χ0) is 5.54. The van der Waals surface area contributed by atoms with Crippen molar-refractivity contribution >= 4 is 24.4 Å². The molecule has 0 bridgehead atoms. The van der Waals surface area contributed by atoms with E-state index in [-0.39, 0.29) is 6.61 Å². The molecule has 3 heteroatoms. The van der Waals surface area contributed by atoms with E-state index < -0.39 is 0 Å². The van der Waals surface area contributed by atoms with Gasteiger partial charge < -0.3 is 5.11 Å². The van der Waals surface area contributed by atoms with Crippen LogP contribution in [0.25, 0.3) is 0 Å². The lowest BCUT2D eigenvalue weighted by Crippen LogP contribution is -1.88. The Hall–Kier alpha value is 0.660. The minimum atomic E-state index is 0.278. The molecule has 0 rings (SSSR count). The predicted molar refractivity (Wildman–Crippen MR) is 36.9 cm³/mol. The highest BCUT2D eigenvalue weighted by atomic mass is 32.2. The fraction of sp³-hybridized carbons (Fsp3) is 1.00. The van der Waals surface area contributed by atoms with Crippen molar-refractivity contribution < 1.29 is 5.11 Å². The second kappa shape index (κ2) is 6.66. The van der Waals surface area contributed by atoms with Crippen LogP contribution in [-0.2, 0) is 0 Å². The van der Waals surface area contributed by atoms with Gasteiger partial charge in [0, 0.05) is 17.3 Å². The van der Waals surface area contributed by atoms with Gasteiger partial charge in [0.1, 0.15) is 0 Å². The first-order valence-corrected chi connectivity index (χ1v) is 3.91. The molecule has 0 aliphatic heterocycles. The summed E-state index contributed by atoms with van der Waals surface area (Å²) < 4.78 is 0. The molecular formula is C4H9OS2. The number of rotatable bonds is 4. The lowest BCUT2D eigenvalue weighted by Gasteiger charge is -1.90. The maximum absolute atomic E-state index is 8.24. The van der Waals surface area contributed by atoms with Gasteiger partial charge in [-0.05, 0) is 0 Å². The summed E-state index contributed by atoms with van der Waals surface area (Å²) in [5, 5.41) is 8.24. The van der Waals surface area contributed by atoms with Crippen LogP contribution in [0.4, 0.5) is 0 Å². The summed E-state index contributed by atoms with van der Waals surface area (Å²) in [6.07, 6.45) is 0. The number of hydrogen-bond donors (Lipinski definition) is 1. The van der Waals surface area contributed by atoms with Gasteiger partial charge in [0.15, 0.2) is 0 Å². The quantitative estimate of drug-likeness (QED) is 0.581. The lowest BCUT2D eigenvalue weighted by molar-refractivity contribution is 0.322. The standard InChI is InChI=1S/C4H9OS2/c5-1-3-7-4-2-6/h5H,1-4H2. The SMILES string of the molecule is OCCSCC[S]. The molecule has 0 amide bonds. The minimum absolute atomic E-state index is 0.278. The van der Waals surface area contributed by atoms with Gasteiger partial charge in [-0.3, -0.25) is 0 Å². The van der Waals surface area contributed by atoms with Crippen molar-refractivity contribution in [2.45, 2.75) is 0 Å². The van der Waals surface area contributed by atoms with Crippen molar-refractivity contribution in [3.05, 3.63) is 0 Å². The van der Waals surface area contributed by atoms with Crippen LogP contribution in [0.2, 0.25) is 0 Å². The normalized spacial score (nSPS) is 9.43. The monoisotopic (exact) mass is 137 g/mol. The Morgan fingerprint density at radius 2 is 2.14 bits per heavy atom. The van der Waals surface area contributed by atoms with Crippen molar-refractivity contribution in [1.82, 2.24) is 0 Å². The number of aliphatic hydroxyl groups excluding tert-OH is 1. The minimum Gasteiger partial charge on any atom is -0.396 e. The molecule has 0 aromatic carbocycles. The Morgan fingerprint density at radius 1 is 1.43 bits per heavy atom. The molecule has 0 saturated heterocycles. The van der Waals surface area contributed by atoms with Gasteiger partial charge in [0.2, 0.25) is 0 Å². The van der Waals surface area contributed by atoms with Crippen LogP contribution in [0.3, 0.4) is 0 Å². The van der Waals surface area contributed by atoms with Crippen LogP contribution in [0.1, 0.15) is 0 Å². The van der Waals surface area contributed by atoms with Gasteiger partial charge in [-0.25, -0.2) is 0 Å². The van der Waals surface area contributed by atoms with Crippen molar-refractivity contribution in [3.8, 4) is 0 Å². The molecule has 0 aliphatic rings. The van der Waals surface area contributed by atoms with Crippen LogP contribution in [0.5, 0.6) is 0 Å². The third-order valence-corrected chi connectivity index (χ3v) is 1.89. The first kappa shape index (κ1) is 7.66. The number of thioether (sulfide) groups is 1. The fourth-order valence-electron chi connectivity index (χ4n) is 0.226. The van der Waals surface area contributed by atoms with E-state index >= 15 is 0 Å². The van der Waals surface area contributed by atoms with Gasteiger partial charge >= 0.3 is 0 Å². The summed E-state index contributed by atoms with van der Waals surface area (Å²) in [4.78, 5) is 0. The van der Waals surface area contributed by atoms with Crippen LogP contribution in [0.15, 0.2) is 0 Å². The van der Waals surface area contributed by atoms with Crippen LogP contribution in [-0.4, -0.2) is 29.0 Å². The van der Waals surface area contributed by atoms with E-state index in [2.05, 4.69) is 12.6 Å². The van der Waals surface area contributed by atoms with E-state index in [1.807, 2.05) is 0 Å². The molecule has 0 unspecified atom stereocenters. The van der Waals surface area contributed by atoms with Gasteiger partial charge in [0.05, 0.1) is 6.61 Å². The molecule has 7 heavy (non-hydrogen) atoms. The van der Waals surface area contributed by atoms with E-state index in [0.29, 0.717) is 0 Å². The van der Waals surface area contributed by atoms with Crippen molar-refractivity contribution in [2.75, 3.05) is 23.9 Å². The lowest BCUT2D eigenvalue weighted by atomic mass is 10.9. The Balaban J connectivity index is 2.45. The Labute approximate surface area is 53.9 Å². The summed E-state index contributed by atoms with van der Waals surface area (Å²) in [6, 6.07) is 0. The molecule has 1 nitrogen and oxygen atoms in total. The van der Waals surface area contributed by atoms with E-state index in [1.165, 1.54) is 0 Å². The highest BCUT2D eigenvalue weighted by Crippen LogP contribution is 1.97. The Kier molecular flexibility index (Phi) is 7.29. The van der Waals surface area contributed by atoms with E-state index in [4.69, 9.17) is 5.11 Å². The fourth-order valence-corrected chi connectivity index (χ4v) is 1.03. The molecule has 0 aliphatic carbocycles.